The first-order chi connectivity index (χ1) is 14.4. The lowest BCUT2D eigenvalue weighted by Gasteiger charge is -2.54. The van der Waals surface area contributed by atoms with Gasteiger partial charge in [-0.3, -0.25) is 0 Å². The van der Waals surface area contributed by atoms with Gasteiger partial charge in [0.25, 0.3) is 0 Å². The van der Waals surface area contributed by atoms with Crippen molar-refractivity contribution in [3.63, 3.8) is 0 Å². The Morgan fingerprint density at radius 2 is 1.47 bits per heavy atom. The molecule has 1 aliphatic rings. The monoisotopic (exact) mass is 428 g/mol. The molecule has 4 heteroatoms. The fraction of sp³-hybridized carbons (Fsp3) is 0.538. The second-order valence-electron chi connectivity index (χ2n) is 9.46. The predicted octanol–water partition coefficient (Wildman–Crippen LogP) is 4.34. The van der Waals surface area contributed by atoms with Crippen molar-refractivity contribution in [2.75, 3.05) is 18.1 Å². The molecule has 0 radical (unpaired) electrons. The Hall–Kier alpha value is -1.33. The van der Waals surface area contributed by atoms with E-state index < -0.39 is 23.0 Å². The summed E-state index contributed by atoms with van der Waals surface area (Å²) in [5.41, 5.74) is 0.877. The van der Waals surface area contributed by atoms with Crippen LogP contribution in [0.25, 0.3) is 0 Å². The lowest BCUT2D eigenvalue weighted by atomic mass is 9.61. The molecule has 3 rings (SSSR count). The standard InChI is InChI=1S/C26H36O3S/c1-20(2)13-14-23(28)26(16-22-11-7-4-8-12-22)19-30-18-25(17-27,24(26)29)15-21-9-5-3-6-10-21/h3-12,20,23-24,27-29H,13-19H2,1-2H3. The van der Waals surface area contributed by atoms with Gasteiger partial charge < -0.3 is 15.3 Å². The van der Waals surface area contributed by atoms with Crippen molar-refractivity contribution in [2.45, 2.75) is 51.7 Å². The molecule has 30 heavy (non-hydrogen) atoms. The fourth-order valence-corrected chi connectivity index (χ4v) is 6.54. The van der Waals surface area contributed by atoms with E-state index in [1.807, 2.05) is 36.4 Å². The van der Waals surface area contributed by atoms with Gasteiger partial charge in [-0.1, -0.05) is 74.5 Å². The molecular formula is C26H36O3S. The van der Waals surface area contributed by atoms with Crippen molar-refractivity contribution in [1.82, 2.24) is 0 Å². The van der Waals surface area contributed by atoms with Crippen molar-refractivity contribution in [3.05, 3.63) is 71.8 Å². The van der Waals surface area contributed by atoms with Crippen LogP contribution in [0.3, 0.4) is 0 Å². The van der Waals surface area contributed by atoms with E-state index in [4.69, 9.17) is 0 Å². The highest BCUT2D eigenvalue weighted by molar-refractivity contribution is 7.99. The third-order valence-corrected chi connectivity index (χ3v) is 8.18. The number of aliphatic hydroxyl groups is 3. The number of rotatable bonds is 9. The molecule has 0 aliphatic carbocycles. The van der Waals surface area contributed by atoms with Gasteiger partial charge in [0.15, 0.2) is 0 Å². The second kappa shape index (κ2) is 10.3. The summed E-state index contributed by atoms with van der Waals surface area (Å²) in [6.07, 6.45) is 1.38. The third kappa shape index (κ3) is 5.11. The molecule has 4 unspecified atom stereocenters. The number of thioether (sulfide) groups is 1. The zero-order valence-electron chi connectivity index (χ0n) is 18.2. The minimum atomic E-state index is -0.793. The molecule has 164 valence electrons. The largest absolute Gasteiger partial charge is 0.396 e. The first-order valence-electron chi connectivity index (χ1n) is 11.0. The van der Waals surface area contributed by atoms with Gasteiger partial charge in [0.05, 0.1) is 18.8 Å². The summed E-state index contributed by atoms with van der Waals surface area (Å²) in [7, 11) is 0. The van der Waals surface area contributed by atoms with Crippen LogP contribution in [0, 0.1) is 16.7 Å². The quantitative estimate of drug-likeness (QED) is 0.556. The average Bonchev–Trinajstić information content (AvgIpc) is 2.76. The van der Waals surface area contributed by atoms with Crippen molar-refractivity contribution >= 4 is 11.8 Å². The number of hydrogen-bond donors (Lipinski definition) is 3. The number of hydrogen-bond acceptors (Lipinski definition) is 4. The topological polar surface area (TPSA) is 60.7 Å². The van der Waals surface area contributed by atoms with Crippen molar-refractivity contribution in [2.24, 2.45) is 16.7 Å². The smallest absolute Gasteiger partial charge is 0.0721 e. The van der Waals surface area contributed by atoms with Crippen LogP contribution in [0.2, 0.25) is 0 Å². The lowest BCUT2D eigenvalue weighted by molar-refractivity contribution is -0.131. The minimum absolute atomic E-state index is 0.0937. The normalized spacial score (nSPS) is 27.9. The van der Waals surface area contributed by atoms with Crippen molar-refractivity contribution < 1.29 is 15.3 Å². The van der Waals surface area contributed by atoms with Crippen molar-refractivity contribution in [1.29, 1.82) is 0 Å². The number of benzene rings is 2. The summed E-state index contributed by atoms with van der Waals surface area (Å²) in [5.74, 6) is 1.88. The summed E-state index contributed by atoms with van der Waals surface area (Å²) >= 11 is 1.76. The molecule has 3 N–H and O–H groups in total. The van der Waals surface area contributed by atoms with E-state index in [1.165, 1.54) is 0 Å². The Kier molecular flexibility index (Phi) is 8.03. The van der Waals surface area contributed by atoms with E-state index in [0.717, 1.165) is 17.5 Å². The van der Waals surface area contributed by atoms with E-state index in [2.05, 4.69) is 38.1 Å². The molecule has 1 heterocycles. The highest BCUT2D eigenvalue weighted by Crippen LogP contribution is 2.50. The first kappa shape index (κ1) is 23.3. The summed E-state index contributed by atoms with van der Waals surface area (Å²) in [6.45, 7) is 4.23. The second-order valence-corrected chi connectivity index (χ2v) is 10.4. The zero-order valence-corrected chi connectivity index (χ0v) is 19.0. The van der Waals surface area contributed by atoms with Gasteiger partial charge in [0.2, 0.25) is 0 Å². The molecule has 0 bridgehead atoms. The Morgan fingerprint density at radius 3 is 2.00 bits per heavy atom. The maximum Gasteiger partial charge on any atom is 0.0721 e. The molecule has 4 atom stereocenters. The molecule has 1 fully saturated rings. The highest BCUT2D eigenvalue weighted by Gasteiger charge is 2.56. The van der Waals surface area contributed by atoms with Crippen LogP contribution in [0.1, 0.15) is 37.8 Å². The molecule has 0 saturated carbocycles. The van der Waals surface area contributed by atoms with E-state index in [9.17, 15) is 15.3 Å². The maximum atomic E-state index is 11.9. The zero-order chi connectivity index (χ0) is 21.6. The summed E-state index contributed by atoms with van der Waals surface area (Å²) in [5, 5.41) is 33.8. The van der Waals surface area contributed by atoms with Gasteiger partial charge >= 0.3 is 0 Å². The van der Waals surface area contributed by atoms with E-state index in [0.29, 0.717) is 36.7 Å². The summed E-state index contributed by atoms with van der Waals surface area (Å²) in [4.78, 5) is 0. The fourth-order valence-electron chi connectivity index (χ4n) is 4.85. The molecule has 0 spiro atoms. The molecule has 3 nitrogen and oxygen atoms in total. The minimum Gasteiger partial charge on any atom is -0.396 e. The SMILES string of the molecule is CC(C)CCC(O)C1(Cc2ccccc2)CSCC(CO)(Cc2ccccc2)C1O. The van der Waals surface area contributed by atoms with Crippen LogP contribution in [0.5, 0.6) is 0 Å². The van der Waals surface area contributed by atoms with Gasteiger partial charge in [0, 0.05) is 22.3 Å². The molecular weight excluding hydrogens is 392 g/mol. The molecule has 1 saturated heterocycles. The Morgan fingerprint density at radius 1 is 0.900 bits per heavy atom. The molecule has 0 aromatic heterocycles. The van der Waals surface area contributed by atoms with Crippen LogP contribution in [0.15, 0.2) is 60.7 Å². The molecule has 2 aromatic rings. The predicted molar refractivity (Wildman–Crippen MR) is 126 cm³/mol. The van der Waals surface area contributed by atoms with Crippen LogP contribution in [-0.4, -0.2) is 45.6 Å². The van der Waals surface area contributed by atoms with Gasteiger partial charge in [-0.15, -0.1) is 0 Å². The highest BCUT2D eigenvalue weighted by atomic mass is 32.2. The Balaban J connectivity index is 1.96. The van der Waals surface area contributed by atoms with Gasteiger partial charge in [-0.05, 0) is 42.7 Å². The molecule has 2 aromatic carbocycles. The third-order valence-electron chi connectivity index (χ3n) is 6.66. The average molecular weight is 429 g/mol. The van der Waals surface area contributed by atoms with Gasteiger partial charge in [0.1, 0.15) is 0 Å². The molecule has 0 amide bonds. The van der Waals surface area contributed by atoms with E-state index in [1.54, 1.807) is 11.8 Å². The summed E-state index contributed by atoms with van der Waals surface area (Å²) < 4.78 is 0. The number of aliphatic hydroxyl groups excluding tert-OH is 3. The van der Waals surface area contributed by atoms with Crippen LogP contribution < -0.4 is 0 Å². The van der Waals surface area contributed by atoms with Gasteiger partial charge in [-0.2, -0.15) is 11.8 Å². The summed E-state index contributed by atoms with van der Waals surface area (Å²) in [6, 6.07) is 20.2. The first-order valence-corrected chi connectivity index (χ1v) is 12.2. The lowest BCUT2D eigenvalue weighted by Crippen LogP contribution is -2.62. The van der Waals surface area contributed by atoms with Crippen molar-refractivity contribution in [3.8, 4) is 0 Å². The Labute approximate surface area is 185 Å². The van der Waals surface area contributed by atoms with Crippen LogP contribution in [0.4, 0.5) is 0 Å². The maximum absolute atomic E-state index is 11.9. The van der Waals surface area contributed by atoms with E-state index >= 15 is 0 Å². The van der Waals surface area contributed by atoms with E-state index in [-0.39, 0.29) is 6.61 Å². The Bertz CT molecular complexity index is 766. The molecule has 1 aliphatic heterocycles. The van der Waals surface area contributed by atoms with Gasteiger partial charge in [-0.25, -0.2) is 0 Å². The van der Waals surface area contributed by atoms with Crippen LogP contribution >= 0.6 is 11.8 Å². The van der Waals surface area contributed by atoms with Crippen LogP contribution in [-0.2, 0) is 12.8 Å².